The minimum atomic E-state index is -0.117. The zero-order valence-corrected chi connectivity index (χ0v) is 20.9. The van der Waals surface area contributed by atoms with Gasteiger partial charge in [-0.1, -0.05) is 42.5 Å². The molecule has 1 N–H and O–H groups in total. The average Bonchev–Trinajstić information content (AvgIpc) is 3.60. The van der Waals surface area contributed by atoms with E-state index in [4.69, 9.17) is 19.3 Å². The number of amides is 1. The molecule has 5 rings (SSSR count). The Hall–Kier alpha value is -3.31. The van der Waals surface area contributed by atoms with Gasteiger partial charge in [0.25, 0.3) is 5.91 Å². The van der Waals surface area contributed by atoms with Gasteiger partial charge in [-0.15, -0.1) is 5.10 Å². The highest BCUT2D eigenvalue weighted by molar-refractivity contribution is 7.20. The normalized spacial score (nSPS) is 14.8. The number of imidazole rings is 1. The van der Waals surface area contributed by atoms with Crippen LogP contribution in [-0.4, -0.2) is 64.0 Å². The Labute approximate surface area is 207 Å². The summed E-state index contributed by atoms with van der Waals surface area (Å²) in [5.74, 6) is 1.98. The lowest BCUT2D eigenvalue weighted by Gasteiger charge is -2.29. The topological polar surface area (TPSA) is 111 Å². The summed E-state index contributed by atoms with van der Waals surface area (Å²) in [6, 6.07) is 7.43. The Morgan fingerprint density at radius 1 is 1.23 bits per heavy atom. The predicted molar refractivity (Wildman–Crippen MR) is 133 cm³/mol. The zero-order chi connectivity index (χ0) is 24.4. The standard InChI is InChI=1S/C24H29N7O3S/c1-15(2)20-27-22(34-29-20)18-8-11-30(12-9-18)24-28-31-14-19(26-23(31)35-24)16-4-6-17(7-5-16)21(32)25-10-13-33-3/h4-7,14-15,18H,8-13H2,1-3H3,(H,25,32). The minimum absolute atomic E-state index is 0.117. The molecular formula is C24H29N7O3S. The minimum Gasteiger partial charge on any atom is -0.383 e. The molecule has 11 heteroatoms. The number of carbonyl (C=O) groups is 1. The van der Waals surface area contributed by atoms with Gasteiger partial charge >= 0.3 is 0 Å². The van der Waals surface area contributed by atoms with Gasteiger partial charge in [0.05, 0.1) is 18.5 Å². The van der Waals surface area contributed by atoms with E-state index >= 15 is 0 Å². The van der Waals surface area contributed by atoms with Gasteiger partial charge in [-0.25, -0.2) is 9.50 Å². The molecule has 0 radical (unpaired) electrons. The number of piperidine rings is 1. The number of methoxy groups -OCH3 is 1. The highest BCUT2D eigenvalue weighted by Gasteiger charge is 2.27. The first-order valence-electron chi connectivity index (χ1n) is 11.8. The molecule has 10 nitrogen and oxygen atoms in total. The van der Waals surface area contributed by atoms with Gasteiger partial charge in [-0.3, -0.25) is 4.79 Å². The van der Waals surface area contributed by atoms with Crippen LogP contribution in [0.2, 0.25) is 0 Å². The Morgan fingerprint density at radius 2 is 2.00 bits per heavy atom. The summed E-state index contributed by atoms with van der Waals surface area (Å²) >= 11 is 1.58. The third kappa shape index (κ3) is 5.06. The van der Waals surface area contributed by atoms with Crippen molar-refractivity contribution < 1.29 is 14.1 Å². The lowest BCUT2D eigenvalue weighted by atomic mass is 9.97. The number of hydrogen-bond acceptors (Lipinski definition) is 9. The maximum atomic E-state index is 12.2. The van der Waals surface area contributed by atoms with E-state index in [1.807, 2.05) is 22.8 Å². The lowest BCUT2D eigenvalue weighted by Crippen LogP contribution is -2.33. The molecule has 0 unspecified atom stereocenters. The van der Waals surface area contributed by atoms with Gasteiger partial charge in [-0.05, 0) is 25.0 Å². The number of rotatable bonds is 8. The summed E-state index contributed by atoms with van der Waals surface area (Å²) in [6.45, 7) is 6.89. The number of anilines is 1. The average molecular weight is 496 g/mol. The molecule has 1 aromatic carbocycles. The quantitative estimate of drug-likeness (QED) is 0.368. The summed E-state index contributed by atoms with van der Waals surface area (Å²) in [7, 11) is 1.61. The first-order chi connectivity index (χ1) is 17.0. The van der Waals surface area contributed by atoms with Crippen LogP contribution >= 0.6 is 11.3 Å². The van der Waals surface area contributed by atoms with Crippen LogP contribution in [0, 0.1) is 0 Å². The van der Waals surface area contributed by atoms with Gasteiger partial charge in [0.15, 0.2) is 5.82 Å². The largest absolute Gasteiger partial charge is 0.383 e. The molecule has 1 saturated heterocycles. The maximum absolute atomic E-state index is 12.2. The third-order valence-corrected chi connectivity index (χ3v) is 7.14. The van der Waals surface area contributed by atoms with Gasteiger partial charge in [0.1, 0.15) is 0 Å². The molecule has 1 fully saturated rings. The van der Waals surface area contributed by atoms with Gasteiger partial charge < -0.3 is 19.5 Å². The SMILES string of the molecule is COCCNC(=O)c1ccc(-c2cn3nc(N4CCC(c5nc(C(C)C)no5)CC4)sc3n2)cc1. The molecule has 0 saturated carbocycles. The zero-order valence-electron chi connectivity index (χ0n) is 20.1. The van der Waals surface area contributed by atoms with Crippen molar-refractivity contribution >= 4 is 27.3 Å². The van der Waals surface area contributed by atoms with Gasteiger partial charge in [0.2, 0.25) is 16.0 Å². The van der Waals surface area contributed by atoms with Crippen molar-refractivity contribution in [3.63, 3.8) is 0 Å². The Morgan fingerprint density at radius 3 is 2.66 bits per heavy atom. The van der Waals surface area contributed by atoms with Crippen LogP contribution < -0.4 is 10.2 Å². The molecule has 4 aromatic rings. The number of fused-ring (bicyclic) bond motifs is 1. The van der Waals surface area contributed by atoms with E-state index in [0.717, 1.165) is 59.0 Å². The van der Waals surface area contributed by atoms with E-state index in [1.54, 1.807) is 30.6 Å². The second-order valence-corrected chi connectivity index (χ2v) is 9.91. The highest BCUT2D eigenvalue weighted by atomic mass is 32.1. The van der Waals surface area contributed by atoms with E-state index in [0.29, 0.717) is 24.6 Å². The van der Waals surface area contributed by atoms with Crippen LogP contribution in [0.4, 0.5) is 5.13 Å². The Kier molecular flexibility index (Phi) is 6.78. The number of nitrogens with one attached hydrogen (secondary N) is 1. The summed E-state index contributed by atoms with van der Waals surface area (Å²) in [5, 5.41) is 12.7. The van der Waals surface area contributed by atoms with Crippen LogP contribution in [0.3, 0.4) is 0 Å². The summed E-state index contributed by atoms with van der Waals surface area (Å²) in [5.41, 5.74) is 2.38. The molecule has 1 aliphatic heterocycles. The number of hydrogen-bond donors (Lipinski definition) is 1. The van der Waals surface area contributed by atoms with E-state index in [1.165, 1.54) is 0 Å². The third-order valence-electron chi connectivity index (χ3n) is 6.16. The van der Waals surface area contributed by atoms with Crippen molar-refractivity contribution in [2.45, 2.75) is 38.5 Å². The number of carbonyl (C=O) groups excluding carboxylic acids is 1. The van der Waals surface area contributed by atoms with Crippen LogP contribution in [-0.2, 0) is 4.74 Å². The van der Waals surface area contributed by atoms with Crippen LogP contribution in [0.1, 0.15) is 60.6 Å². The number of ether oxygens (including phenoxy) is 1. The molecule has 0 bridgehead atoms. The fourth-order valence-corrected chi connectivity index (χ4v) is 5.02. The molecule has 1 amide bonds. The molecule has 1 aliphatic rings. The number of nitrogens with zero attached hydrogens (tertiary/aromatic N) is 6. The van der Waals surface area contributed by atoms with Crippen molar-refractivity contribution in [3.05, 3.63) is 47.7 Å². The summed E-state index contributed by atoms with van der Waals surface area (Å²) in [6.07, 6.45) is 3.85. The van der Waals surface area contributed by atoms with Crippen molar-refractivity contribution in [1.29, 1.82) is 0 Å². The molecule has 184 valence electrons. The molecular weight excluding hydrogens is 466 g/mol. The Balaban J connectivity index is 1.21. The molecule has 4 heterocycles. The maximum Gasteiger partial charge on any atom is 0.251 e. The summed E-state index contributed by atoms with van der Waals surface area (Å²) in [4.78, 5) is 24.6. The van der Waals surface area contributed by atoms with Crippen LogP contribution in [0.15, 0.2) is 35.0 Å². The van der Waals surface area contributed by atoms with Crippen molar-refractivity contribution in [3.8, 4) is 11.3 Å². The molecule has 3 aromatic heterocycles. The number of aromatic nitrogens is 5. The van der Waals surface area contributed by atoms with E-state index in [-0.39, 0.29) is 11.8 Å². The monoisotopic (exact) mass is 495 g/mol. The smallest absolute Gasteiger partial charge is 0.251 e. The predicted octanol–water partition coefficient (Wildman–Crippen LogP) is 3.72. The molecule has 0 spiro atoms. The van der Waals surface area contributed by atoms with Crippen LogP contribution in [0.25, 0.3) is 16.2 Å². The fourth-order valence-electron chi connectivity index (χ4n) is 4.08. The van der Waals surface area contributed by atoms with Crippen molar-refractivity contribution in [1.82, 2.24) is 30.1 Å². The first kappa shape index (κ1) is 23.4. The second-order valence-electron chi connectivity index (χ2n) is 8.97. The van der Waals surface area contributed by atoms with Crippen molar-refractivity contribution in [2.24, 2.45) is 0 Å². The molecule has 35 heavy (non-hydrogen) atoms. The van der Waals surface area contributed by atoms with Crippen LogP contribution in [0.5, 0.6) is 0 Å². The fraction of sp³-hybridized carbons (Fsp3) is 0.458. The summed E-state index contributed by atoms with van der Waals surface area (Å²) < 4.78 is 12.3. The molecule has 0 atom stereocenters. The van der Waals surface area contributed by atoms with E-state index in [2.05, 4.69) is 34.2 Å². The van der Waals surface area contributed by atoms with Gasteiger partial charge in [-0.2, -0.15) is 4.98 Å². The highest BCUT2D eigenvalue weighted by Crippen LogP contribution is 2.33. The molecule has 0 aliphatic carbocycles. The lowest BCUT2D eigenvalue weighted by molar-refractivity contribution is 0.0937. The second kappa shape index (κ2) is 10.1. The van der Waals surface area contributed by atoms with Crippen molar-refractivity contribution in [2.75, 3.05) is 38.3 Å². The number of benzene rings is 1. The van der Waals surface area contributed by atoms with E-state index < -0.39 is 0 Å². The van der Waals surface area contributed by atoms with Gasteiger partial charge in [0, 0.05) is 49.7 Å². The Bertz CT molecular complexity index is 1250. The first-order valence-corrected chi connectivity index (χ1v) is 12.7. The van der Waals surface area contributed by atoms with E-state index in [9.17, 15) is 4.79 Å².